The monoisotopic (exact) mass is 302 g/mol. The Morgan fingerprint density at radius 1 is 1.30 bits per heavy atom. The molecule has 2 heterocycles. The number of nitrogens with zero attached hydrogens (tertiary/aromatic N) is 3. The molecular formula is C12H22N4O3S. The van der Waals surface area contributed by atoms with Crippen LogP contribution in [0.15, 0.2) is 5.03 Å². The van der Waals surface area contributed by atoms with E-state index in [1.807, 2.05) is 0 Å². The van der Waals surface area contributed by atoms with Crippen LogP contribution in [0, 0.1) is 6.92 Å². The number of nitrogens with one attached hydrogen (secondary N) is 1. The molecule has 0 saturated carbocycles. The molecule has 1 aliphatic heterocycles. The molecule has 0 bridgehead atoms. The van der Waals surface area contributed by atoms with Crippen LogP contribution in [0.5, 0.6) is 0 Å². The lowest BCUT2D eigenvalue weighted by Crippen LogP contribution is -2.50. The molecule has 1 aromatic rings. The van der Waals surface area contributed by atoms with E-state index in [1.165, 1.54) is 4.31 Å². The first-order valence-electron chi connectivity index (χ1n) is 6.76. The molecule has 0 atom stereocenters. The predicted molar refractivity (Wildman–Crippen MR) is 74.7 cm³/mol. The van der Waals surface area contributed by atoms with Gasteiger partial charge in [-0.2, -0.15) is 9.40 Å². The van der Waals surface area contributed by atoms with E-state index in [2.05, 4.69) is 28.9 Å². The highest BCUT2D eigenvalue weighted by atomic mass is 32.2. The average Bonchev–Trinajstić information content (AvgIpc) is 2.80. The number of aromatic amines is 1. The molecule has 2 N–H and O–H groups in total. The summed E-state index contributed by atoms with van der Waals surface area (Å²) in [5.41, 5.74) is 0.947. The van der Waals surface area contributed by atoms with Crippen LogP contribution < -0.4 is 0 Å². The van der Waals surface area contributed by atoms with Gasteiger partial charge in [0, 0.05) is 43.5 Å². The number of hydrogen-bond donors (Lipinski definition) is 2. The summed E-state index contributed by atoms with van der Waals surface area (Å²) >= 11 is 0. The van der Waals surface area contributed by atoms with Crippen LogP contribution in [0.2, 0.25) is 0 Å². The molecule has 20 heavy (non-hydrogen) atoms. The van der Waals surface area contributed by atoms with Crippen LogP contribution in [0.3, 0.4) is 0 Å². The van der Waals surface area contributed by atoms with E-state index in [4.69, 9.17) is 0 Å². The maximum absolute atomic E-state index is 12.6. The van der Waals surface area contributed by atoms with E-state index in [1.54, 1.807) is 6.92 Å². The molecule has 1 aromatic heterocycles. The normalized spacial score (nSPS) is 18.9. The van der Waals surface area contributed by atoms with Crippen LogP contribution in [0.1, 0.15) is 25.1 Å². The van der Waals surface area contributed by atoms with Crippen molar-refractivity contribution in [2.45, 2.75) is 38.4 Å². The van der Waals surface area contributed by atoms with Crippen LogP contribution in [0.4, 0.5) is 0 Å². The number of aliphatic hydroxyl groups excluding tert-OH is 1. The van der Waals surface area contributed by atoms with Crippen LogP contribution in [0.25, 0.3) is 0 Å². The van der Waals surface area contributed by atoms with Gasteiger partial charge in [-0.05, 0) is 20.8 Å². The minimum absolute atomic E-state index is 0.0458. The fourth-order valence-electron chi connectivity index (χ4n) is 2.41. The van der Waals surface area contributed by atoms with Gasteiger partial charge in [0.15, 0.2) is 5.03 Å². The summed E-state index contributed by atoms with van der Waals surface area (Å²) in [7, 11) is -3.63. The second kappa shape index (κ2) is 5.80. The van der Waals surface area contributed by atoms with E-state index in [9.17, 15) is 13.5 Å². The van der Waals surface area contributed by atoms with Crippen molar-refractivity contribution in [3.63, 3.8) is 0 Å². The Bertz CT molecular complexity index is 559. The van der Waals surface area contributed by atoms with Crippen molar-refractivity contribution in [1.82, 2.24) is 19.4 Å². The van der Waals surface area contributed by atoms with E-state index in [-0.39, 0.29) is 11.6 Å². The molecule has 0 amide bonds. The molecule has 7 nitrogen and oxygen atoms in total. The van der Waals surface area contributed by atoms with Gasteiger partial charge in [0.1, 0.15) is 0 Å². The number of aryl methyl sites for hydroxylation is 1. The molecule has 0 unspecified atom stereocenters. The molecule has 1 saturated heterocycles. The SMILES string of the molecule is Cc1[nH]nc(S(=O)(=O)N2CCN(C(C)C)CC2)c1CO. The Morgan fingerprint density at radius 2 is 1.90 bits per heavy atom. The van der Waals surface area contributed by atoms with Gasteiger partial charge in [0.25, 0.3) is 10.0 Å². The summed E-state index contributed by atoms with van der Waals surface area (Å²) in [5.74, 6) is 0. The highest BCUT2D eigenvalue weighted by Gasteiger charge is 2.33. The minimum Gasteiger partial charge on any atom is -0.392 e. The van der Waals surface area contributed by atoms with Crippen LogP contribution in [-0.4, -0.2) is 65.1 Å². The van der Waals surface area contributed by atoms with E-state index in [0.29, 0.717) is 30.4 Å². The number of rotatable bonds is 4. The van der Waals surface area contributed by atoms with Crippen molar-refractivity contribution in [3.8, 4) is 0 Å². The fourth-order valence-corrected chi connectivity index (χ4v) is 3.99. The van der Waals surface area contributed by atoms with Crippen molar-refractivity contribution >= 4 is 10.0 Å². The molecule has 8 heteroatoms. The summed E-state index contributed by atoms with van der Waals surface area (Å²) in [6.45, 7) is 7.92. The lowest BCUT2D eigenvalue weighted by molar-refractivity contribution is 0.154. The van der Waals surface area contributed by atoms with Gasteiger partial charge in [0.05, 0.1) is 6.61 Å². The largest absolute Gasteiger partial charge is 0.392 e. The third-order valence-corrected chi connectivity index (χ3v) is 5.65. The van der Waals surface area contributed by atoms with Crippen molar-refractivity contribution in [2.24, 2.45) is 0 Å². The maximum atomic E-state index is 12.6. The third kappa shape index (κ3) is 2.73. The zero-order chi connectivity index (χ0) is 14.9. The Hall–Kier alpha value is -0.960. The summed E-state index contributed by atoms with van der Waals surface area (Å²) in [6, 6.07) is 0.417. The van der Waals surface area contributed by atoms with Crippen LogP contribution in [-0.2, 0) is 16.6 Å². The van der Waals surface area contributed by atoms with Gasteiger partial charge in [-0.25, -0.2) is 8.42 Å². The van der Waals surface area contributed by atoms with Crippen molar-refractivity contribution in [1.29, 1.82) is 0 Å². The summed E-state index contributed by atoms with van der Waals surface area (Å²) in [6.07, 6.45) is 0. The number of sulfonamides is 1. The molecule has 0 aliphatic carbocycles. The second-order valence-corrected chi connectivity index (χ2v) is 7.18. The maximum Gasteiger partial charge on any atom is 0.262 e. The molecule has 2 rings (SSSR count). The standard InChI is InChI=1S/C12H22N4O3S/c1-9(2)15-4-6-16(7-5-15)20(18,19)12-11(8-17)10(3)13-14-12/h9,17H,4-8H2,1-3H3,(H,13,14). The van der Waals surface area contributed by atoms with Crippen LogP contribution >= 0.6 is 0 Å². The molecule has 1 aliphatic rings. The number of piperazine rings is 1. The van der Waals surface area contributed by atoms with Crippen molar-refractivity contribution in [3.05, 3.63) is 11.3 Å². The first-order valence-corrected chi connectivity index (χ1v) is 8.20. The van der Waals surface area contributed by atoms with E-state index < -0.39 is 10.0 Å². The molecule has 0 radical (unpaired) electrons. The lowest BCUT2D eigenvalue weighted by atomic mass is 10.3. The lowest BCUT2D eigenvalue weighted by Gasteiger charge is -2.35. The number of aromatic nitrogens is 2. The van der Waals surface area contributed by atoms with Gasteiger partial charge in [-0.3, -0.25) is 10.00 Å². The van der Waals surface area contributed by atoms with E-state index >= 15 is 0 Å². The smallest absolute Gasteiger partial charge is 0.262 e. The van der Waals surface area contributed by atoms with Gasteiger partial charge in [0.2, 0.25) is 0 Å². The van der Waals surface area contributed by atoms with Crippen molar-refractivity contribution in [2.75, 3.05) is 26.2 Å². The summed E-state index contributed by atoms with van der Waals surface area (Å²) in [5, 5.41) is 15.8. The van der Waals surface area contributed by atoms with Gasteiger partial charge in [-0.1, -0.05) is 0 Å². The highest BCUT2D eigenvalue weighted by Crippen LogP contribution is 2.22. The quantitative estimate of drug-likeness (QED) is 0.812. The zero-order valence-corrected chi connectivity index (χ0v) is 12.9. The first-order chi connectivity index (χ1) is 9.37. The molecule has 0 spiro atoms. The topological polar surface area (TPSA) is 89.5 Å². The average molecular weight is 302 g/mol. The third-order valence-electron chi connectivity index (χ3n) is 3.78. The highest BCUT2D eigenvalue weighted by molar-refractivity contribution is 7.89. The van der Waals surface area contributed by atoms with E-state index in [0.717, 1.165) is 13.1 Å². The predicted octanol–water partition coefficient (Wildman–Crippen LogP) is -0.0749. The zero-order valence-electron chi connectivity index (χ0n) is 12.1. The van der Waals surface area contributed by atoms with Gasteiger partial charge in [-0.15, -0.1) is 0 Å². The fraction of sp³-hybridized carbons (Fsp3) is 0.750. The molecule has 0 aromatic carbocycles. The second-order valence-electron chi connectivity index (χ2n) is 5.32. The first kappa shape index (κ1) is 15.4. The van der Waals surface area contributed by atoms with Gasteiger partial charge < -0.3 is 5.11 Å². The number of H-pyrrole nitrogens is 1. The molecule has 114 valence electrons. The summed E-state index contributed by atoms with van der Waals surface area (Å²) in [4.78, 5) is 2.24. The van der Waals surface area contributed by atoms with Crippen molar-refractivity contribution < 1.29 is 13.5 Å². The van der Waals surface area contributed by atoms with Gasteiger partial charge >= 0.3 is 0 Å². The Morgan fingerprint density at radius 3 is 2.40 bits per heavy atom. The Kier molecular flexibility index (Phi) is 4.48. The number of aliphatic hydroxyl groups is 1. The molecule has 1 fully saturated rings. The number of hydrogen-bond acceptors (Lipinski definition) is 5. The summed E-state index contributed by atoms with van der Waals surface area (Å²) < 4.78 is 26.6. The Labute approximate surface area is 119 Å². The minimum atomic E-state index is -3.63. The molecular weight excluding hydrogens is 280 g/mol. The Balaban J connectivity index is 2.20.